The van der Waals surface area contributed by atoms with Crippen molar-refractivity contribution in [1.29, 1.82) is 0 Å². The quantitative estimate of drug-likeness (QED) is 0.669. The summed E-state index contributed by atoms with van der Waals surface area (Å²) in [6, 6.07) is 11.4. The molecule has 0 aliphatic rings. The zero-order chi connectivity index (χ0) is 13.4. The summed E-state index contributed by atoms with van der Waals surface area (Å²) in [6.07, 6.45) is 1.71. The molecule has 3 aromatic rings. The minimum Gasteiger partial charge on any atom is -0.341 e. The highest BCUT2D eigenvalue weighted by atomic mass is 16.1. The molecule has 3 nitrogen and oxygen atoms in total. The Bertz CT molecular complexity index is 734. The minimum atomic E-state index is 0.667. The van der Waals surface area contributed by atoms with Crippen molar-refractivity contribution in [3.05, 3.63) is 47.5 Å². The summed E-state index contributed by atoms with van der Waals surface area (Å²) in [7, 11) is 0. The standard InChI is InChI=1S/C16H13NO2/c1-2-17-15-7-11(9-18)3-5-13(15)14-6-4-12(10-19)8-16(14)17/h3-10H,2H2,1H3. The van der Waals surface area contributed by atoms with Gasteiger partial charge < -0.3 is 4.57 Å². The second kappa shape index (κ2) is 4.35. The van der Waals surface area contributed by atoms with E-state index in [4.69, 9.17) is 0 Å². The lowest BCUT2D eigenvalue weighted by atomic mass is 10.1. The van der Waals surface area contributed by atoms with E-state index in [1.165, 1.54) is 0 Å². The zero-order valence-electron chi connectivity index (χ0n) is 10.6. The van der Waals surface area contributed by atoms with Gasteiger partial charge in [-0.15, -0.1) is 0 Å². The van der Waals surface area contributed by atoms with E-state index in [0.29, 0.717) is 11.1 Å². The first kappa shape index (κ1) is 11.7. The van der Waals surface area contributed by atoms with Crippen LogP contribution in [0.3, 0.4) is 0 Å². The van der Waals surface area contributed by atoms with Crippen molar-refractivity contribution in [1.82, 2.24) is 4.57 Å². The second-order valence-corrected chi connectivity index (χ2v) is 4.53. The number of carbonyl (C=O) groups excluding carboxylic acids is 2. The molecule has 0 bridgehead atoms. The van der Waals surface area contributed by atoms with Crippen LogP contribution in [0, 0.1) is 0 Å². The smallest absolute Gasteiger partial charge is 0.150 e. The maximum Gasteiger partial charge on any atom is 0.150 e. The number of nitrogens with zero attached hydrogens (tertiary/aromatic N) is 1. The molecule has 2 aromatic carbocycles. The first-order valence-electron chi connectivity index (χ1n) is 6.25. The third-order valence-corrected chi connectivity index (χ3v) is 3.50. The molecule has 19 heavy (non-hydrogen) atoms. The highest BCUT2D eigenvalue weighted by Gasteiger charge is 2.10. The summed E-state index contributed by atoms with van der Waals surface area (Å²) in [5.41, 5.74) is 3.40. The predicted molar refractivity (Wildman–Crippen MR) is 75.9 cm³/mol. The average Bonchev–Trinajstić information content (AvgIpc) is 2.78. The SMILES string of the molecule is CCn1c2cc(C=O)ccc2c2ccc(C=O)cc21. The molecule has 3 heteroatoms. The number of carbonyl (C=O) groups is 2. The van der Waals surface area contributed by atoms with Gasteiger partial charge in [0.05, 0.1) is 0 Å². The summed E-state index contributed by atoms with van der Waals surface area (Å²) in [5, 5.41) is 2.22. The molecule has 94 valence electrons. The molecular formula is C16H13NO2. The van der Waals surface area contributed by atoms with Crippen LogP contribution < -0.4 is 0 Å². The number of rotatable bonds is 3. The van der Waals surface area contributed by atoms with E-state index in [1.807, 2.05) is 36.4 Å². The Morgan fingerprint density at radius 2 is 1.37 bits per heavy atom. The Hall–Kier alpha value is -2.42. The number of benzene rings is 2. The molecule has 0 fully saturated rings. The molecular weight excluding hydrogens is 238 g/mol. The van der Waals surface area contributed by atoms with Crippen molar-refractivity contribution in [2.24, 2.45) is 0 Å². The normalized spacial score (nSPS) is 11.0. The van der Waals surface area contributed by atoms with Gasteiger partial charge in [-0.3, -0.25) is 9.59 Å². The van der Waals surface area contributed by atoms with E-state index < -0.39 is 0 Å². The third kappa shape index (κ3) is 1.66. The van der Waals surface area contributed by atoms with Crippen LogP contribution in [0.5, 0.6) is 0 Å². The van der Waals surface area contributed by atoms with E-state index in [9.17, 15) is 9.59 Å². The number of fused-ring (bicyclic) bond motifs is 3. The van der Waals surface area contributed by atoms with E-state index >= 15 is 0 Å². The fraction of sp³-hybridized carbons (Fsp3) is 0.125. The first-order chi connectivity index (χ1) is 9.28. The van der Waals surface area contributed by atoms with Crippen molar-refractivity contribution in [3.8, 4) is 0 Å². The Kier molecular flexibility index (Phi) is 2.67. The molecule has 0 aliphatic heterocycles. The lowest BCUT2D eigenvalue weighted by Crippen LogP contribution is -1.94. The second-order valence-electron chi connectivity index (χ2n) is 4.53. The minimum absolute atomic E-state index is 0.667. The third-order valence-electron chi connectivity index (χ3n) is 3.50. The van der Waals surface area contributed by atoms with E-state index in [0.717, 1.165) is 40.9 Å². The van der Waals surface area contributed by atoms with Crippen LogP contribution in [0.4, 0.5) is 0 Å². The lowest BCUT2D eigenvalue weighted by Gasteiger charge is -2.03. The van der Waals surface area contributed by atoms with Gasteiger partial charge in [-0.1, -0.05) is 24.3 Å². The molecule has 0 saturated carbocycles. The van der Waals surface area contributed by atoms with Crippen molar-refractivity contribution in [2.75, 3.05) is 0 Å². The van der Waals surface area contributed by atoms with Gasteiger partial charge in [-0.05, 0) is 19.1 Å². The van der Waals surface area contributed by atoms with Crippen LogP contribution in [0.15, 0.2) is 36.4 Å². The van der Waals surface area contributed by atoms with Gasteiger partial charge >= 0.3 is 0 Å². The number of hydrogen-bond acceptors (Lipinski definition) is 2. The number of aldehydes is 2. The van der Waals surface area contributed by atoms with Gasteiger partial charge in [-0.2, -0.15) is 0 Å². The molecule has 0 aliphatic carbocycles. The van der Waals surface area contributed by atoms with Gasteiger partial charge in [0, 0.05) is 39.5 Å². The number of aryl methyl sites for hydroxylation is 1. The summed E-state index contributed by atoms with van der Waals surface area (Å²) in [5.74, 6) is 0. The molecule has 0 saturated heterocycles. The van der Waals surface area contributed by atoms with Crippen LogP contribution in [0.2, 0.25) is 0 Å². The van der Waals surface area contributed by atoms with E-state index in [1.54, 1.807) is 0 Å². The molecule has 0 amide bonds. The van der Waals surface area contributed by atoms with Crippen LogP contribution in [0.1, 0.15) is 27.6 Å². The topological polar surface area (TPSA) is 39.1 Å². The van der Waals surface area contributed by atoms with E-state index in [-0.39, 0.29) is 0 Å². The Labute approximate surface area is 110 Å². The van der Waals surface area contributed by atoms with Gasteiger partial charge in [0.25, 0.3) is 0 Å². The molecule has 0 unspecified atom stereocenters. The molecule has 3 rings (SSSR count). The van der Waals surface area contributed by atoms with Crippen molar-refractivity contribution >= 4 is 34.4 Å². The summed E-state index contributed by atoms with van der Waals surface area (Å²) in [4.78, 5) is 21.8. The molecule has 1 aromatic heterocycles. The first-order valence-corrected chi connectivity index (χ1v) is 6.25. The maximum atomic E-state index is 10.9. The predicted octanol–water partition coefficient (Wildman–Crippen LogP) is 3.44. The van der Waals surface area contributed by atoms with Crippen molar-refractivity contribution in [2.45, 2.75) is 13.5 Å². The monoisotopic (exact) mass is 251 g/mol. The van der Waals surface area contributed by atoms with Crippen LogP contribution in [-0.2, 0) is 6.54 Å². The van der Waals surface area contributed by atoms with Crippen molar-refractivity contribution < 1.29 is 9.59 Å². The van der Waals surface area contributed by atoms with Gasteiger partial charge in [-0.25, -0.2) is 0 Å². The Morgan fingerprint density at radius 3 is 1.74 bits per heavy atom. The molecule has 0 atom stereocenters. The molecule has 1 heterocycles. The average molecular weight is 251 g/mol. The maximum absolute atomic E-state index is 10.9. The van der Waals surface area contributed by atoms with Crippen molar-refractivity contribution in [3.63, 3.8) is 0 Å². The zero-order valence-corrected chi connectivity index (χ0v) is 10.6. The fourth-order valence-electron chi connectivity index (χ4n) is 2.62. The summed E-state index contributed by atoms with van der Waals surface area (Å²) in [6.45, 7) is 2.85. The molecule has 0 N–H and O–H groups in total. The molecule has 0 spiro atoms. The highest BCUT2D eigenvalue weighted by molar-refractivity contribution is 6.10. The van der Waals surface area contributed by atoms with Crippen LogP contribution >= 0.6 is 0 Å². The fourth-order valence-corrected chi connectivity index (χ4v) is 2.62. The highest BCUT2D eigenvalue weighted by Crippen LogP contribution is 2.30. The number of hydrogen-bond donors (Lipinski definition) is 0. The van der Waals surface area contributed by atoms with Crippen LogP contribution in [0.25, 0.3) is 21.8 Å². The van der Waals surface area contributed by atoms with Gasteiger partial charge in [0.2, 0.25) is 0 Å². The Morgan fingerprint density at radius 1 is 0.895 bits per heavy atom. The largest absolute Gasteiger partial charge is 0.341 e. The van der Waals surface area contributed by atoms with Gasteiger partial charge in [0.1, 0.15) is 12.6 Å². The van der Waals surface area contributed by atoms with Crippen LogP contribution in [-0.4, -0.2) is 17.1 Å². The summed E-state index contributed by atoms with van der Waals surface area (Å²) >= 11 is 0. The molecule has 0 radical (unpaired) electrons. The van der Waals surface area contributed by atoms with E-state index in [2.05, 4.69) is 11.5 Å². The Balaban J connectivity index is 2.49. The van der Waals surface area contributed by atoms with Gasteiger partial charge in [0.15, 0.2) is 0 Å². The lowest BCUT2D eigenvalue weighted by molar-refractivity contribution is 0.111. The number of aromatic nitrogens is 1. The summed E-state index contributed by atoms with van der Waals surface area (Å²) < 4.78 is 2.13.